The second kappa shape index (κ2) is 5.28. The van der Waals surface area contributed by atoms with E-state index in [1.807, 2.05) is 13.0 Å². The summed E-state index contributed by atoms with van der Waals surface area (Å²) in [7, 11) is 0. The van der Waals surface area contributed by atoms with Crippen LogP contribution in [0.5, 0.6) is 0 Å². The summed E-state index contributed by atoms with van der Waals surface area (Å²) in [6, 6.07) is 0. The molecule has 0 amide bonds. The van der Waals surface area contributed by atoms with Crippen molar-refractivity contribution in [2.24, 2.45) is 17.3 Å². The standard InChI is InChI=1S/C13H20O3/c1-4-16-12(15)8-11-7-5-6-10(2)13(11,3)9-14/h5,7,9-11H,4,6,8H2,1-3H3/t10-,11+,13+/m0/s1. The van der Waals surface area contributed by atoms with E-state index in [0.717, 1.165) is 12.7 Å². The summed E-state index contributed by atoms with van der Waals surface area (Å²) in [4.78, 5) is 22.7. The minimum Gasteiger partial charge on any atom is -0.466 e. The fourth-order valence-corrected chi connectivity index (χ4v) is 2.16. The van der Waals surface area contributed by atoms with E-state index in [9.17, 15) is 9.59 Å². The van der Waals surface area contributed by atoms with E-state index in [2.05, 4.69) is 13.0 Å². The van der Waals surface area contributed by atoms with Crippen molar-refractivity contribution in [2.45, 2.75) is 33.6 Å². The van der Waals surface area contributed by atoms with Crippen LogP contribution in [0.3, 0.4) is 0 Å². The van der Waals surface area contributed by atoms with Crippen LogP contribution in [0.25, 0.3) is 0 Å². The number of hydrogen-bond donors (Lipinski definition) is 0. The first kappa shape index (κ1) is 12.9. The van der Waals surface area contributed by atoms with Gasteiger partial charge in [-0.3, -0.25) is 4.79 Å². The summed E-state index contributed by atoms with van der Waals surface area (Å²) in [5, 5.41) is 0. The van der Waals surface area contributed by atoms with E-state index in [1.54, 1.807) is 6.92 Å². The molecule has 0 bridgehead atoms. The van der Waals surface area contributed by atoms with Gasteiger partial charge in [-0.05, 0) is 25.2 Å². The van der Waals surface area contributed by atoms with Crippen molar-refractivity contribution in [2.75, 3.05) is 6.61 Å². The van der Waals surface area contributed by atoms with Gasteiger partial charge in [0.05, 0.1) is 13.0 Å². The summed E-state index contributed by atoms with van der Waals surface area (Å²) in [6.07, 6.45) is 6.22. The Morgan fingerprint density at radius 1 is 1.62 bits per heavy atom. The molecule has 0 radical (unpaired) electrons. The quantitative estimate of drug-likeness (QED) is 0.418. The molecule has 0 saturated heterocycles. The number of carbonyl (C=O) groups is 2. The summed E-state index contributed by atoms with van der Waals surface area (Å²) < 4.78 is 4.93. The molecular formula is C13H20O3. The highest BCUT2D eigenvalue weighted by atomic mass is 16.5. The number of aldehydes is 1. The summed E-state index contributed by atoms with van der Waals surface area (Å²) >= 11 is 0. The first-order valence-corrected chi connectivity index (χ1v) is 5.83. The maximum absolute atomic E-state index is 11.4. The largest absolute Gasteiger partial charge is 0.466 e. The molecule has 0 aromatic rings. The van der Waals surface area contributed by atoms with Crippen molar-refractivity contribution in [3.05, 3.63) is 12.2 Å². The fraction of sp³-hybridized carbons (Fsp3) is 0.692. The maximum atomic E-state index is 11.4. The second-order valence-corrected chi connectivity index (χ2v) is 4.66. The molecule has 0 heterocycles. The Bertz CT molecular complexity index is 296. The topological polar surface area (TPSA) is 43.4 Å². The van der Waals surface area contributed by atoms with Crippen molar-refractivity contribution in [3.63, 3.8) is 0 Å². The molecule has 3 nitrogen and oxygen atoms in total. The zero-order chi connectivity index (χ0) is 12.2. The second-order valence-electron chi connectivity index (χ2n) is 4.66. The van der Waals surface area contributed by atoms with Crippen LogP contribution in [0.2, 0.25) is 0 Å². The zero-order valence-corrected chi connectivity index (χ0v) is 10.2. The predicted molar refractivity (Wildman–Crippen MR) is 61.8 cm³/mol. The molecule has 90 valence electrons. The highest BCUT2D eigenvalue weighted by Gasteiger charge is 2.40. The average molecular weight is 224 g/mol. The summed E-state index contributed by atoms with van der Waals surface area (Å²) in [5.74, 6) is 0.0153. The molecule has 16 heavy (non-hydrogen) atoms. The lowest BCUT2D eigenvalue weighted by Gasteiger charge is -2.38. The molecule has 3 heteroatoms. The van der Waals surface area contributed by atoms with Gasteiger partial charge in [-0.2, -0.15) is 0 Å². The van der Waals surface area contributed by atoms with Crippen LogP contribution in [-0.4, -0.2) is 18.9 Å². The third-order valence-corrected chi connectivity index (χ3v) is 3.66. The van der Waals surface area contributed by atoms with Crippen LogP contribution in [0.4, 0.5) is 0 Å². The monoisotopic (exact) mass is 224 g/mol. The Morgan fingerprint density at radius 3 is 2.88 bits per heavy atom. The summed E-state index contributed by atoms with van der Waals surface area (Å²) in [6.45, 7) is 6.16. The van der Waals surface area contributed by atoms with Crippen molar-refractivity contribution < 1.29 is 14.3 Å². The minimum atomic E-state index is -0.443. The first-order chi connectivity index (χ1) is 7.54. The van der Waals surface area contributed by atoms with E-state index in [0.29, 0.717) is 13.0 Å². The van der Waals surface area contributed by atoms with Crippen molar-refractivity contribution >= 4 is 12.3 Å². The summed E-state index contributed by atoms with van der Waals surface area (Å²) in [5.41, 5.74) is -0.443. The smallest absolute Gasteiger partial charge is 0.306 e. The molecule has 0 spiro atoms. The van der Waals surface area contributed by atoms with E-state index in [1.165, 1.54) is 0 Å². The van der Waals surface area contributed by atoms with E-state index in [4.69, 9.17) is 4.74 Å². The molecule has 0 unspecified atom stereocenters. The Labute approximate surface area is 96.9 Å². The van der Waals surface area contributed by atoms with Crippen molar-refractivity contribution in [1.82, 2.24) is 0 Å². The third kappa shape index (κ3) is 2.52. The molecule has 0 aromatic heterocycles. The van der Waals surface area contributed by atoms with Gasteiger partial charge in [0, 0.05) is 5.41 Å². The van der Waals surface area contributed by atoms with Gasteiger partial charge in [-0.25, -0.2) is 0 Å². The van der Waals surface area contributed by atoms with E-state index >= 15 is 0 Å². The normalized spacial score (nSPS) is 33.4. The Morgan fingerprint density at radius 2 is 2.31 bits per heavy atom. The first-order valence-electron chi connectivity index (χ1n) is 5.83. The van der Waals surface area contributed by atoms with Gasteiger partial charge in [0.1, 0.15) is 6.29 Å². The molecule has 0 aliphatic heterocycles. The molecule has 3 atom stereocenters. The molecule has 1 aliphatic rings. The number of carbonyl (C=O) groups excluding carboxylic acids is 2. The van der Waals surface area contributed by atoms with Gasteiger partial charge in [-0.15, -0.1) is 0 Å². The lowest BCUT2D eigenvalue weighted by atomic mass is 9.64. The van der Waals surface area contributed by atoms with Crippen molar-refractivity contribution in [3.8, 4) is 0 Å². The van der Waals surface area contributed by atoms with E-state index < -0.39 is 5.41 Å². The zero-order valence-electron chi connectivity index (χ0n) is 10.2. The lowest BCUT2D eigenvalue weighted by Crippen LogP contribution is -2.38. The van der Waals surface area contributed by atoms with Crippen LogP contribution in [-0.2, 0) is 14.3 Å². The molecular weight excluding hydrogens is 204 g/mol. The number of rotatable bonds is 4. The maximum Gasteiger partial charge on any atom is 0.306 e. The molecule has 1 aliphatic carbocycles. The van der Waals surface area contributed by atoms with Crippen LogP contribution in [0.1, 0.15) is 33.6 Å². The lowest BCUT2D eigenvalue weighted by molar-refractivity contribution is -0.145. The van der Waals surface area contributed by atoms with Gasteiger partial charge in [0.25, 0.3) is 0 Å². The fourth-order valence-electron chi connectivity index (χ4n) is 2.16. The van der Waals surface area contributed by atoms with Crippen LogP contribution in [0.15, 0.2) is 12.2 Å². The average Bonchev–Trinajstić information content (AvgIpc) is 2.25. The minimum absolute atomic E-state index is 0.0344. The Kier molecular flexibility index (Phi) is 4.27. The molecule has 0 fully saturated rings. The van der Waals surface area contributed by atoms with Crippen LogP contribution < -0.4 is 0 Å². The third-order valence-electron chi connectivity index (χ3n) is 3.66. The number of allylic oxidation sites excluding steroid dienone is 2. The highest BCUT2D eigenvalue weighted by Crippen LogP contribution is 2.41. The number of hydrogen-bond acceptors (Lipinski definition) is 3. The van der Waals surface area contributed by atoms with Gasteiger partial charge >= 0.3 is 5.97 Å². The van der Waals surface area contributed by atoms with Gasteiger partial charge < -0.3 is 9.53 Å². The Balaban J connectivity index is 2.76. The molecule has 0 N–H and O–H groups in total. The highest BCUT2D eigenvalue weighted by molar-refractivity contribution is 5.72. The Hall–Kier alpha value is -1.12. The van der Waals surface area contributed by atoms with Gasteiger partial charge in [-0.1, -0.05) is 26.0 Å². The number of esters is 1. The molecule has 1 rings (SSSR count). The number of ether oxygens (including phenoxy) is 1. The van der Waals surface area contributed by atoms with Crippen LogP contribution >= 0.6 is 0 Å². The van der Waals surface area contributed by atoms with Crippen molar-refractivity contribution in [1.29, 1.82) is 0 Å². The van der Waals surface area contributed by atoms with E-state index in [-0.39, 0.29) is 17.8 Å². The van der Waals surface area contributed by atoms with Crippen LogP contribution in [0, 0.1) is 17.3 Å². The predicted octanol–water partition coefficient (Wildman–Crippen LogP) is 2.36. The molecule has 0 aromatic carbocycles. The SMILES string of the molecule is CCOC(=O)C[C@H]1C=CC[C@H](C)[C@@]1(C)C=O. The van der Waals surface area contributed by atoms with Gasteiger partial charge in [0.2, 0.25) is 0 Å². The molecule has 0 saturated carbocycles. The van der Waals surface area contributed by atoms with Gasteiger partial charge in [0.15, 0.2) is 0 Å².